The Morgan fingerprint density at radius 1 is 1.25 bits per heavy atom. The van der Waals surface area contributed by atoms with Gasteiger partial charge in [-0.3, -0.25) is 4.79 Å². The van der Waals surface area contributed by atoms with Crippen LogP contribution in [-0.2, 0) is 19.0 Å². The normalized spacial score (nSPS) is 38.1. The highest BCUT2D eigenvalue weighted by Gasteiger charge is 2.46. The summed E-state index contributed by atoms with van der Waals surface area (Å²) in [6, 6.07) is 0. The maximum absolute atomic E-state index is 11.7. The van der Waals surface area contributed by atoms with Gasteiger partial charge in [0.2, 0.25) is 12.0 Å². The van der Waals surface area contributed by atoms with E-state index in [0.717, 1.165) is 0 Å². The number of aliphatic hydroxyl groups excluding tert-OH is 4. The fraction of sp³-hybridized carbons (Fsp3) is 0.583. The van der Waals surface area contributed by atoms with Crippen LogP contribution in [0.2, 0.25) is 0 Å². The molecule has 0 aromatic heterocycles. The summed E-state index contributed by atoms with van der Waals surface area (Å²) in [4.78, 5) is 11.7. The molecule has 4 N–H and O–H groups in total. The molecule has 2 heterocycles. The zero-order chi connectivity index (χ0) is 15.0. The number of carbonyl (C=O) groups excluding carboxylic acids is 1. The molecule has 5 unspecified atom stereocenters. The van der Waals surface area contributed by atoms with Crippen molar-refractivity contribution in [3.8, 4) is 0 Å². The van der Waals surface area contributed by atoms with Crippen LogP contribution < -0.4 is 0 Å². The minimum atomic E-state index is -1.59. The van der Waals surface area contributed by atoms with E-state index in [1.165, 1.54) is 6.92 Å². The van der Waals surface area contributed by atoms with Crippen molar-refractivity contribution in [1.82, 2.24) is 0 Å². The second-order valence-electron chi connectivity index (χ2n) is 4.55. The van der Waals surface area contributed by atoms with E-state index in [4.69, 9.17) is 19.3 Å². The van der Waals surface area contributed by atoms with Crippen molar-refractivity contribution in [2.24, 2.45) is 0 Å². The third kappa shape index (κ3) is 2.43. The average Bonchev–Trinajstić information content (AvgIpc) is 2.65. The highest BCUT2D eigenvalue weighted by atomic mass is 16.7. The van der Waals surface area contributed by atoms with Crippen LogP contribution in [0.3, 0.4) is 0 Å². The first-order chi connectivity index (χ1) is 9.36. The minimum Gasteiger partial charge on any atom is -0.454 e. The zero-order valence-corrected chi connectivity index (χ0v) is 10.7. The lowest BCUT2D eigenvalue weighted by molar-refractivity contribution is -0.290. The lowest BCUT2D eigenvalue weighted by atomic mass is 9.99. The van der Waals surface area contributed by atoms with Crippen molar-refractivity contribution < 1.29 is 39.4 Å². The molecule has 0 aliphatic carbocycles. The van der Waals surface area contributed by atoms with Gasteiger partial charge in [-0.15, -0.1) is 0 Å². The Balaban J connectivity index is 2.15. The molecule has 1 fully saturated rings. The van der Waals surface area contributed by atoms with E-state index in [0.29, 0.717) is 0 Å². The van der Waals surface area contributed by atoms with Crippen LogP contribution in [0.25, 0.3) is 0 Å². The second kappa shape index (κ2) is 5.51. The summed E-state index contributed by atoms with van der Waals surface area (Å²) in [7, 11) is 0. The fourth-order valence-electron chi connectivity index (χ4n) is 1.98. The summed E-state index contributed by atoms with van der Waals surface area (Å²) in [6.45, 7) is 4.26. The number of hydrogen-bond acceptors (Lipinski definition) is 8. The summed E-state index contributed by atoms with van der Waals surface area (Å²) in [6.07, 6.45) is -7.19. The van der Waals surface area contributed by atoms with E-state index in [1.807, 2.05) is 0 Å². The number of aliphatic hydroxyl groups is 4. The van der Waals surface area contributed by atoms with E-state index in [2.05, 4.69) is 6.58 Å². The molecule has 112 valence electrons. The molecular formula is C12H16O8. The van der Waals surface area contributed by atoms with Gasteiger partial charge in [0, 0.05) is 0 Å². The molecule has 0 bridgehead atoms. The molecule has 0 aromatic carbocycles. The number of carbonyl (C=O) groups is 1. The predicted molar refractivity (Wildman–Crippen MR) is 62.8 cm³/mol. The van der Waals surface area contributed by atoms with Crippen LogP contribution in [0.1, 0.15) is 6.92 Å². The van der Waals surface area contributed by atoms with Crippen molar-refractivity contribution in [2.45, 2.75) is 37.6 Å². The molecule has 0 amide bonds. The molecule has 0 spiro atoms. The number of allylic oxidation sites excluding steroid dienone is 1. The van der Waals surface area contributed by atoms with E-state index in [9.17, 15) is 20.1 Å². The SMILES string of the molecule is C=C1OC(C)=C(OC2OC(CO)C(O)C(O)C2O)C1=O. The monoisotopic (exact) mass is 288 g/mol. The van der Waals surface area contributed by atoms with Crippen LogP contribution in [0, 0.1) is 0 Å². The van der Waals surface area contributed by atoms with E-state index in [1.54, 1.807) is 0 Å². The van der Waals surface area contributed by atoms with Gasteiger partial charge in [0.15, 0.2) is 5.76 Å². The Kier molecular flexibility index (Phi) is 4.11. The van der Waals surface area contributed by atoms with Crippen LogP contribution in [-0.4, -0.2) is 63.5 Å². The Morgan fingerprint density at radius 2 is 1.90 bits per heavy atom. The lowest BCUT2D eigenvalue weighted by Crippen LogP contribution is -2.59. The standard InChI is InChI=1S/C12H16O8/c1-4-7(14)11(5(2)18-4)20-12-10(17)9(16)8(15)6(3-13)19-12/h6,8-10,12-13,15-17H,1,3H2,2H3. The first-order valence-electron chi connectivity index (χ1n) is 5.96. The molecule has 2 aliphatic heterocycles. The van der Waals surface area contributed by atoms with Crippen molar-refractivity contribution in [2.75, 3.05) is 6.61 Å². The first kappa shape index (κ1) is 14.9. The fourth-order valence-corrected chi connectivity index (χ4v) is 1.98. The number of ether oxygens (including phenoxy) is 3. The van der Waals surface area contributed by atoms with Gasteiger partial charge in [-0.2, -0.15) is 0 Å². The minimum absolute atomic E-state index is 0.123. The second-order valence-corrected chi connectivity index (χ2v) is 4.55. The van der Waals surface area contributed by atoms with Crippen LogP contribution >= 0.6 is 0 Å². The Labute approximate surface area is 114 Å². The summed E-state index contributed by atoms with van der Waals surface area (Å²) in [5.41, 5.74) is 0. The summed E-state index contributed by atoms with van der Waals surface area (Å²) in [5.74, 6) is -0.766. The van der Waals surface area contributed by atoms with Crippen molar-refractivity contribution in [3.63, 3.8) is 0 Å². The van der Waals surface area contributed by atoms with Crippen molar-refractivity contribution in [1.29, 1.82) is 0 Å². The third-order valence-electron chi connectivity index (χ3n) is 3.14. The molecule has 2 rings (SSSR count). The summed E-state index contributed by atoms with van der Waals surface area (Å²) < 4.78 is 15.3. The van der Waals surface area contributed by atoms with Gasteiger partial charge in [0.1, 0.15) is 30.2 Å². The molecule has 8 nitrogen and oxygen atoms in total. The van der Waals surface area contributed by atoms with E-state index < -0.39 is 43.1 Å². The van der Waals surface area contributed by atoms with Crippen LogP contribution in [0.4, 0.5) is 0 Å². The maximum Gasteiger partial charge on any atom is 0.265 e. The number of ketones is 1. The molecule has 0 saturated carbocycles. The Hall–Kier alpha value is -1.45. The average molecular weight is 288 g/mol. The largest absolute Gasteiger partial charge is 0.454 e. The van der Waals surface area contributed by atoms with Crippen LogP contribution in [0.5, 0.6) is 0 Å². The summed E-state index contributed by atoms with van der Waals surface area (Å²) >= 11 is 0. The molecule has 20 heavy (non-hydrogen) atoms. The zero-order valence-electron chi connectivity index (χ0n) is 10.7. The van der Waals surface area contributed by atoms with Gasteiger partial charge in [-0.05, 0) is 6.92 Å². The topological polar surface area (TPSA) is 126 Å². The van der Waals surface area contributed by atoms with E-state index in [-0.39, 0.29) is 17.3 Å². The first-order valence-corrected chi connectivity index (χ1v) is 5.96. The molecular weight excluding hydrogens is 272 g/mol. The quantitative estimate of drug-likeness (QED) is 0.446. The van der Waals surface area contributed by atoms with Gasteiger partial charge in [0.25, 0.3) is 5.78 Å². The number of Topliss-reactive ketones (excluding diaryl/α,β-unsaturated/α-hetero) is 1. The Bertz CT molecular complexity index is 454. The van der Waals surface area contributed by atoms with Gasteiger partial charge in [-0.25, -0.2) is 0 Å². The molecule has 2 aliphatic rings. The smallest absolute Gasteiger partial charge is 0.265 e. The van der Waals surface area contributed by atoms with Crippen molar-refractivity contribution >= 4 is 5.78 Å². The van der Waals surface area contributed by atoms with Gasteiger partial charge < -0.3 is 34.6 Å². The third-order valence-corrected chi connectivity index (χ3v) is 3.14. The molecule has 1 saturated heterocycles. The Morgan fingerprint density at radius 3 is 2.40 bits per heavy atom. The van der Waals surface area contributed by atoms with Gasteiger partial charge >= 0.3 is 0 Å². The highest BCUT2D eigenvalue weighted by molar-refractivity contribution is 6.07. The molecule has 8 heteroatoms. The highest BCUT2D eigenvalue weighted by Crippen LogP contribution is 2.29. The number of rotatable bonds is 3. The van der Waals surface area contributed by atoms with E-state index >= 15 is 0 Å². The molecule has 0 radical (unpaired) electrons. The maximum atomic E-state index is 11.7. The van der Waals surface area contributed by atoms with Crippen LogP contribution in [0.15, 0.2) is 23.9 Å². The van der Waals surface area contributed by atoms with Gasteiger partial charge in [0.05, 0.1) is 6.61 Å². The molecule has 5 atom stereocenters. The lowest BCUT2D eigenvalue weighted by Gasteiger charge is -2.39. The number of hydrogen-bond donors (Lipinski definition) is 4. The summed E-state index contributed by atoms with van der Waals surface area (Å²) in [5, 5.41) is 38.0. The predicted octanol–water partition coefficient (Wildman–Crippen LogP) is -1.85. The van der Waals surface area contributed by atoms with Gasteiger partial charge in [-0.1, -0.05) is 6.58 Å². The van der Waals surface area contributed by atoms with Crippen molar-refractivity contribution in [3.05, 3.63) is 23.9 Å². The molecule has 0 aromatic rings.